The van der Waals surface area contributed by atoms with Gasteiger partial charge in [0.15, 0.2) is 5.78 Å². The second kappa shape index (κ2) is 10.1. The van der Waals surface area contributed by atoms with Crippen molar-refractivity contribution in [3.8, 4) is 0 Å². The normalized spacial score (nSPS) is 16.0. The molecule has 0 aromatic heterocycles. The lowest BCUT2D eigenvalue weighted by atomic mass is 9.90. The van der Waals surface area contributed by atoms with Gasteiger partial charge in [-0.2, -0.15) is 0 Å². The predicted octanol–water partition coefficient (Wildman–Crippen LogP) is 6.65. The number of unbranched alkanes of at least 4 members (excludes halogenated alkanes) is 2. The quantitative estimate of drug-likeness (QED) is 0.348. The summed E-state index contributed by atoms with van der Waals surface area (Å²) in [6, 6.07) is 16.4. The van der Waals surface area contributed by atoms with Crippen molar-refractivity contribution in [2.75, 3.05) is 0 Å². The Labute approximate surface area is 185 Å². The molecule has 0 spiro atoms. The number of carbonyl (C=O) groups excluding carboxylic acids is 1. The second-order valence-electron chi connectivity index (χ2n) is 9.09. The standard InChI is InChI=1S/C28H32O3/c29-27(22-15-16-26-24(18-22)17-21-12-7-8-14-25(21)26)19-23(28(30)31)13-6-2-5-11-20-9-3-1-4-10-20/h1,3-4,9-10,15-16,18,23H,2,5-8,11-14,17,19H2,(H,30,31)/t23-/m0/s1. The van der Waals surface area contributed by atoms with Crippen LogP contribution in [0.25, 0.3) is 5.57 Å². The molecule has 3 heteroatoms. The number of carboxylic acid groups (broad SMARTS) is 1. The van der Waals surface area contributed by atoms with Gasteiger partial charge in [-0.05, 0) is 79.7 Å². The number of aliphatic carboxylic acids is 1. The van der Waals surface area contributed by atoms with Crippen LogP contribution in [0, 0.1) is 5.92 Å². The number of carboxylic acids is 1. The highest BCUT2D eigenvalue weighted by Gasteiger charge is 2.26. The maximum atomic E-state index is 12.9. The minimum absolute atomic E-state index is 0.0376. The van der Waals surface area contributed by atoms with Gasteiger partial charge in [-0.15, -0.1) is 0 Å². The van der Waals surface area contributed by atoms with Crippen LogP contribution < -0.4 is 0 Å². The molecule has 3 nitrogen and oxygen atoms in total. The van der Waals surface area contributed by atoms with Crippen LogP contribution in [0.1, 0.15) is 84.8 Å². The van der Waals surface area contributed by atoms with Crippen molar-refractivity contribution in [2.45, 2.75) is 70.6 Å². The van der Waals surface area contributed by atoms with E-state index in [4.69, 9.17) is 0 Å². The topological polar surface area (TPSA) is 54.4 Å². The van der Waals surface area contributed by atoms with Gasteiger partial charge in [0, 0.05) is 12.0 Å². The molecule has 2 aromatic rings. The zero-order valence-electron chi connectivity index (χ0n) is 18.2. The summed E-state index contributed by atoms with van der Waals surface area (Å²) < 4.78 is 0. The lowest BCUT2D eigenvalue weighted by Crippen LogP contribution is -2.18. The van der Waals surface area contributed by atoms with Gasteiger partial charge >= 0.3 is 5.97 Å². The zero-order chi connectivity index (χ0) is 21.6. The number of allylic oxidation sites excluding steroid dienone is 2. The smallest absolute Gasteiger partial charge is 0.306 e. The van der Waals surface area contributed by atoms with Gasteiger partial charge in [-0.1, -0.05) is 60.9 Å². The van der Waals surface area contributed by atoms with Crippen LogP contribution in [0.5, 0.6) is 0 Å². The van der Waals surface area contributed by atoms with E-state index in [1.54, 1.807) is 5.57 Å². The molecule has 0 saturated carbocycles. The van der Waals surface area contributed by atoms with E-state index >= 15 is 0 Å². The molecular weight excluding hydrogens is 384 g/mol. The van der Waals surface area contributed by atoms with Crippen LogP contribution >= 0.6 is 0 Å². The fraction of sp³-hybridized carbons (Fsp3) is 0.429. The number of benzene rings is 2. The third-order valence-electron chi connectivity index (χ3n) is 6.88. The zero-order valence-corrected chi connectivity index (χ0v) is 18.2. The number of carbonyl (C=O) groups is 2. The molecule has 1 N–H and O–H groups in total. The van der Waals surface area contributed by atoms with Crippen LogP contribution in [0.15, 0.2) is 54.1 Å². The molecule has 0 fully saturated rings. The van der Waals surface area contributed by atoms with E-state index in [-0.39, 0.29) is 12.2 Å². The first kappa shape index (κ1) is 21.5. The van der Waals surface area contributed by atoms with Crippen LogP contribution in [0.3, 0.4) is 0 Å². The van der Waals surface area contributed by atoms with Crippen molar-refractivity contribution < 1.29 is 14.7 Å². The van der Waals surface area contributed by atoms with E-state index < -0.39 is 11.9 Å². The van der Waals surface area contributed by atoms with Crippen LogP contribution in [0.2, 0.25) is 0 Å². The first-order valence-corrected chi connectivity index (χ1v) is 11.8. The summed E-state index contributed by atoms with van der Waals surface area (Å²) in [6.45, 7) is 0. The number of ketones is 1. The summed E-state index contributed by atoms with van der Waals surface area (Å²) in [5.74, 6) is -1.48. The highest BCUT2D eigenvalue weighted by atomic mass is 16.4. The fourth-order valence-corrected chi connectivity index (χ4v) is 5.12. The van der Waals surface area contributed by atoms with Gasteiger partial charge in [0.1, 0.15) is 0 Å². The summed E-state index contributed by atoms with van der Waals surface area (Å²) in [5, 5.41) is 9.64. The van der Waals surface area contributed by atoms with Gasteiger partial charge in [0.2, 0.25) is 0 Å². The van der Waals surface area contributed by atoms with Crippen molar-refractivity contribution in [1.82, 2.24) is 0 Å². The van der Waals surface area contributed by atoms with E-state index in [1.165, 1.54) is 41.5 Å². The number of rotatable bonds is 10. The highest BCUT2D eigenvalue weighted by Crippen LogP contribution is 2.41. The lowest BCUT2D eigenvalue weighted by Gasteiger charge is -2.14. The molecule has 0 unspecified atom stereocenters. The minimum Gasteiger partial charge on any atom is -0.481 e. The van der Waals surface area contributed by atoms with E-state index in [9.17, 15) is 14.7 Å². The Morgan fingerprint density at radius 2 is 1.74 bits per heavy atom. The molecule has 162 valence electrons. The Morgan fingerprint density at radius 1 is 0.935 bits per heavy atom. The Bertz CT molecular complexity index is 971. The molecule has 2 aliphatic carbocycles. The lowest BCUT2D eigenvalue weighted by molar-refractivity contribution is -0.141. The average molecular weight is 417 g/mol. The first-order chi connectivity index (χ1) is 15.1. The molecule has 0 amide bonds. The fourth-order valence-electron chi connectivity index (χ4n) is 5.12. The van der Waals surface area contributed by atoms with Gasteiger partial charge in [-0.3, -0.25) is 9.59 Å². The summed E-state index contributed by atoms with van der Waals surface area (Å²) in [7, 11) is 0. The highest BCUT2D eigenvalue weighted by molar-refractivity contribution is 5.98. The molecule has 2 aromatic carbocycles. The van der Waals surface area contributed by atoms with E-state index in [0.29, 0.717) is 12.0 Å². The maximum absolute atomic E-state index is 12.9. The Morgan fingerprint density at radius 3 is 2.55 bits per heavy atom. The van der Waals surface area contributed by atoms with Gasteiger partial charge in [0.25, 0.3) is 0 Å². The third-order valence-corrected chi connectivity index (χ3v) is 6.88. The molecule has 1 atom stereocenters. The van der Waals surface area contributed by atoms with Crippen LogP contribution in [-0.4, -0.2) is 16.9 Å². The number of Topliss-reactive ketones (excluding diaryl/α,β-unsaturated/α-hetero) is 1. The summed E-state index contributed by atoms with van der Waals surface area (Å²) in [6.07, 6.45) is 10.4. The molecule has 0 bridgehead atoms. The molecule has 0 saturated heterocycles. The summed E-state index contributed by atoms with van der Waals surface area (Å²) in [5.41, 5.74) is 7.61. The molecule has 0 aliphatic heterocycles. The van der Waals surface area contributed by atoms with Crippen molar-refractivity contribution in [3.05, 3.63) is 76.4 Å². The van der Waals surface area contributed by atoms with Crippen molar-refractivity contribution in [1.29, 1.82) is 0 Å². The Kier molecular flexibility index (Phi) is 7.01. The van der Waals surface area contributed by atoms with Gasteiger partial charge in [0.05, 0.1) is 5.92 Å². The van der Waals surface area contributed by atoms with Gasteiger partial charge < -0.3 is 5.11 Å². The van der Waals surface area contributed by atoms with E-state index in [1.807, 2.05) is 30.3 Å². The number of aryl methyl sites for hydroxylation is 1. The van der Waals surface area contributed by atoms with Crippen molar-refractivity contribution in [3.63, 3.8) is 0 Å². The number of hydrogen-bond acceptors (Lipinski definition) is 2. The van der Waals surface area contributed by atoms with E-state index in [2.05, 4.69) is 18.2 Å². The van der Waals surface area contributed by atoms with Gasteiger partial charge in [-0.25, -0.2) is 0 Å². The predicted molar refractivity (Wildman–Crippen MR) is 124 cm³/mol. The summed E-state index contributed by atoms with van der Waals surface area (Å²) >= 11 is 0. The molecule has 2 aliphatic rings. The average Bonchev–Trinajstić information content (AvgIpc) is 3.16. The Hall–Kier alpha value is -2.68. The van der Waals surface area contributed by atoms with Crippen LogP contribution in [0.4, 0.5) is 0 Å². The SMILES string of the molecule is O=C(C[C@H](CCCCCc1ccccc1)C(=O)O)c1ccc2c(c1)CC1=C2CCCC1. The minimum atomic E-state index is -0.852. The molecule has 31 heavy (non-hydrogen) atoms. The molecule has 0 heterocycles. The monoisotopic (exact) mass is 416 g/mol. The molecule has 4 rings (SSSR count). The first-order valence-electron chi connectivity index (χ1n) is 11.8. The summed E-state index contributed by atoms with van der Waals surface area (Å²) in [4.78, 5) is 24.6. The largest absolute Gasteiger partial charge is 0.481 e. The third kappa shape index (κ3) is 5.33. The van der Waals surface area contributed by atoms with E-state index in [0.717, 1.165) is 38.5 Å². The second-order valence-corrected chi connectivity index (χ2v) is 9.09. The van der Waals surface area contributed by atoms with Crippen molar-refractivity contribution >= 4 is 17.3 Å². The molecular formula is C28H32O3. The number of hydrogen-bond donors (Lipinski definition) is 1. The van der Waals surface area contributed by atoms with Crippen LogP contribution in [-0.2, 0) is 17.6 Å². The maximum Gasteiger partial charge on any atom is 0.306 e. The van der Waals surface area contributed by atoms with Crippen molar-refractivity contribution in [2.24, 2.45) is 5.92 Å². The Balaban J connectivity index is 1.28. The molecule has 0 radical (unpaired) electrons. The number of fused-ring (bicyclic) bond motifs is 2.